The molecule has 2 aromatic carbocycles. The Balaban J connectivity index is 1.57. The SMILES string of the molecule is NS(=O)(=O)c1ccc2c(c1)CC[C@H](C1c3ccccc3-c3cncn31)[C@H]2O. The van der Waals surface area contributed by atoms with E-state index in [-0.39, 0.29) is 16.9 Å². The Morgan fingerprint density at radius 1 is 1.15 bits per heavy atom. The molecule has 0 amide bonds. The number of fused-ring (bicyclic) bond motifs is 4. The van der Waals surface area contributed by atoms with E-state index in [0.717, 1.165) is 28.8 Å². The first-order valence-corrected chi connectivity index (χ1v) is 10.4. The molecule has 5 rings (SSSR count). The highest BCUT2D eigenvalue weighted by Crippen LogP contribution is 2.49. The van der Waals surface area contributed by atoms with Gasteiger partial charge in [-0.25, -0.2) is 18.5 Å². The van der Waals surface area contributed by atoms with Crippen molar-refractivity contribution in [3.05, 3.63) is 71.7 Å². The van der Waals surface area contributed by atoms with Gasteiger partial charge in [-0.05, 0) is 41.7 Å². The lowest BCUT2D eigenvalue weighted by Crippen LogP contribution is -2.29. The van der Waals surface area contributed by atoms with Crippen molar-refractivity contribution < 1.29 is 13.5 Å². The van der Waals surface area contributed by atoms with Crippen molar-refractivity contribution in [3.63, 3.8) is 0 Å². The number of aryl methyl sites for hydroxylation is 1. The first-order chi connectivity index (χ1) is 12.9. The molecular formula is C20H19N3O3S. The van der Waals surface area contributed by atoms with Crippen LogP contribution in [0, 0.1) is 5.92 Å². The second kappa shape index (κ2) is 5.76. The Labute approximate surface area is 157 Å². The number of rotatable bonds is 2. The summed E-state index contributed by atoms with van der Waals surface area (Å²) in [7, 11) is -3.75. The van der Waals surface area contributed by atoms with Crippen LogP contribution in [0.4, 0.5) is 0 Å². The van der Waals surface area contributed by atoms with Crippen LogP contribution in [-0.2, 0) is 16.4 Å². The molecule has 0 bridgehead atoms. The van der Waals surface area contributed by atoms with Crippen LogP contribution in [0.3, 0.4) is 0 Å². The molecule has 1 unspecified atom stereocenters. The van der Waals surface area contributed by atoms with Crippen LogP contribution in [0.2, 0.25) is 0 Å². The third kappa shape index (κ3) is 2.46. The smallest absolute Gasteiger partial charge is 0.238 e. The van der Waals surface area contributed by atoms with Crippen LogP contribution in [0.5, 0.6) is 0 Å². The minimum absolute atomic E-state index is 0.0137. The van der Waals surface area contributed by atoms with Gasteiger partial charge in [0, 0.05) is 11.5 Å². The van der Waals surface area contributed by atoms with Crippen LogP contribution in [0.15, 0.2) is 59.9 Å². The molecule has 0 saturated heterocycles. The number of nitrogens with zero attached hydrogens (tertiary/aromatic N) is 2. The summed E-state index contributed by atoms with van der Waals surface area (Å²) in [6.07, 6.45) is 4.45. The van der Waals surface area contributed by atoms with Crippen LogP contribution in [0.25, 0.3) is 11.3 Å². The zero-order chi connectivity index (χ0) is 18.8. The summed E-state index contributed by atoms with van der Waals surface area (Å²) in [5.74, 6) is -0.0190. The first-order valence-electron chi connectivity index (χ1n) is 8.90. The van der Waals surface area contributed by atoms with Crippen molar-refractivity contribution in [1.29, 1.82) is 0 Å². The molecule has 3 aromatic rings. The van der Waals surface area contributed by atoms with Gasteiger partial charge < -0.3 is 9.67 Å². The number of sulfonamides is 1. The van der Waals surface area contributed by atoms with E-state index in [1.807, 2.05) is 24.7 Å². The Kier molecular flexibility index (Phi) is 3.56. The monoisotopic (exact) mass is 381 g/mol. The normalized spacial score (nSPS) is 23.6. The van der Waals surface area contributed by atoms with E-state index >= 15 is 0 Å². The molecule has 138 valence electrons. The van der Waals surface area contributed by atoms with Crippen molar-refractivity contribution in [2.24, 2.45) is 11.1 Å². The number of aliphatic hydroxyl groups excluding tert-OH is 1. The number of imidazole rings is 1. The lowest BCUT2D eigenvalue weighted by Gasteiger charge is -2.35. The van der Waals surface area contributed by atoms with E-state index in [1.165, 1.54) is 11.6 Å². The van der Waals surface area contributed by atoms with Gasteiger partial charge in [-0.1, -0.05) is 30.3 Å². The van der Waals surface area contributed by atoms with Crippen molar-refractivity contribution in [2.45, 2.75) is 29.9 Å². The van der Waals surface area contributed by atoms with Gasteiger partial charge in [0.15, 0.2) is 0 Å². The predicted molar refractivity (Wildman–Crippen MR) is 100 cm³/mol. The van der Waals surface area contributed by atoms with E-state index in [2.05, 4.69) is 21.7 Å². The summed E-state index contributed by atoms with van der Waals surface area (Å²) < 4.78 is 25.4. The quantitative estimate of drug-likeness (QED) is 0.712. The van der Waals surface area contributed by atoms with Crippen molar-refractivity contribution in [1.82, 2.24) is 9.55 Å². The molecule has 1 aliphatic carbocycles. The van der Waals surface area contributed by atoms with Gasteiger partial charge in [-0.3, -0.25) is 0 Å². The van der Waals surface area contributed by atoms with Gasteiger partial charge in [-0.15, -0.1) is 0 Å². The molecule has 27 heavy (non-hydrogen) atoms. The molecule has 0 spiro atoms. The maximum atomic E-state index is 11.6. The molecule has 0 fully saturated rings. The Morgan fingerprint density at radius 2 is 1.96 bits per heavy atom. The number of aliphatic hydroxyl groups is 1. The molecule has 1 aromatic heterocycles. The third-order valence-corrected chi connectivity index (χ3v) is 6.75. The summed E-state index contributed by atoms with van der Waals surface area (Å²) in [6, 6.07) is 13.0. The molecule has 3 N–H and O–H groups in total. The van der Waals surface area contributed by atoms with Gasteiger partial charge in [0.25, 0.3) is 0 Å². The highest BCUT2D eigenvalue weighted by atomic mass is 32.2. The number of aromatic nitrogens is 2. The minimum Gasteiger partial charge on any atom is -0.388 e. The Bertz CT molecular complexity index is 1150. The van der Waals surface area contributed by atoms with Crippen LogP contribution in [0.1, 0.15) is 35.3 Å². The van der Waals surface area contributed by atoms with Crippen LogP contribution >= 0.6 is 0 Å². The number of primary sulfonamides is 1. The second-order valence-electron chi connectivity index (χ2n) is 7.27. The molecular weight excluding hydrogens is 362 g/mol. The molecule has 6 nitrogen and oxygen atoms in total. The fourth-order valence-corrected chi connectivity index (χ4v) is 5.18. The summed E-state index contributed by atoms with van der Waals surface area (Å²) in [5.41, 5.74) is 5.05. The summed E-state index contributed by atoms with van der Waals surface area (Å²) in [5, 5.41) is 16.4. The second-order valence-corrected chi connectivity index (χ2v) is 8.83. The summed E-state index contributed by atoms with van der Waals surface area (Å²) in [6.45, 7) is 0. The molecule has 3 atom stereocenters. The van der Waals surface area contributed by atoms with Gasteiger partial charge in [0.1, 0.15) is 0 Å². The summed E-state index contributed by atoms with van der Waals surface area (Å²) >= 11 is 0. The molecule has 2 heterocycles. The van der Waals surface area contributed by atoms with Crippen molar-refractivity contribution >= 4 is 10.0 Å². The third-order valence-electron chi connectivity index (χ3n) is 5.84. The van der Waals surface area contributed by atoms with E-state index in [0.29, 0.717) is 6.42 Å². The van der Waals surface area contributed by atoms with E-state index in [4.69, 9.17) is 5.14 Å². The average Bonchev–Trinajstić information content (AvgIpc) is 3.22. The number of hydrogen-bond donors (Lipinski definition) is 2. The number of hydrogen-bond acceptors (Lipinski definition) is 4. The molecule has 7 heteroatoms. The molecule has 1 aliphatic heterocycles. The Morgan fingerprint density at radius 3 is 2.78 bits per heavy atom. The zero-order valence-corrected chi connectivity index (χ0v) is 15.3. The maximum absolute atomic E-state index is 11.6. The van der Waals surface area contributed by atoms with Crippen molar-refractivity contribution in [3.8, 4) is 11.3 Å². The lowest BCUT2D eigenvalue weighted by atomic mass is 9.76. The van der Waals surface area contributed by atoms with E-state index < -0.39 is 16.1 Å². The summed E-state index contributed by atoms with van der Waals surface area (Å²) in [4.78, 5) is 4.39. The van der Waals surface area contributed by atoms with Crippen LogP contribution < -0.4 is 5.14 Å². The van der Waals surface area contributed by atoms with Gasteiger partial charge in [0.05, 0.1) is 35.3 Å². The fourth-order valence-electron chi connectivity index (χ4n) is 4.62. The van der Waals surface area contributed by atoms with Gasteiger partial charge in [-0.2, -0.15) is 0 Å². The van der Waals surface area contributed by atoms with Gasteiger partial charge in [0.2, 0.25) is 10.0 Å². The topological polar surface area (TPSA) is 98.2 Å². The average molecular weight is 381 g/mol. The number of nitrogens with two attached hydrogens (primary N) is 1. The Hall–Kier alpha value is -2.48. The highest BCUT2D eigenvalue weighted by Gasteiger charge is 2.40. The number of benzene rings is 2. The predicted octanol–water partition coefficient (Wildman–Crippen LogP) is 2.40. The highest BCUT2D eigenvalue weighted by molar-refractivity contribution is 7.89. The van der Waals surface area contributed by atoms with E-state index in [1.54, 1.807) is 12.1 Å². The standard InChI is InChI=1S/C20H19N3O3S/c21-27(25,26)13-6-8-14-12(9-13)5-7-17(20(14)24)19-16-4-2-1-3-15(16)18-10-22-11-23(18)19/h1-4,6,8-11,17,19-20,24H,5,7H2,(H2,21,25,26)/t17-,19?,20+/m1/s1. The van der Waals surface area contributed by atoms with E-state index in [9.17, 15) is 13.5 Å². The largest absolute Gasteiger partial charge is 0.388 e. The maximum Gasteiger partial charge on any atom is 0.238 e. The van der Waals surface area contributed by atoms with Crippen molar-refractivity contribution in [2.75, 3.05) is 0 Å². The van der Waals surface area contributed by atoms with Gasteiger partial charge >= 0.3 is 0 Å². The van der Waals surface area contributed by atoms with Crippen LogP contribution in [-0.4, -0.2) is 23.1 Å². The zero-order valence-electron chi connectivity index (χ0n) is 14.5. The first kappa shape index (κ1) is 16.7. The lowest BCUT2D eigenvalue weighted by molar-refractivity contribution is 0.0719. The molecule has 0 saturated carbocycles. The minimum atomic E-state index is -3.75. The fraction of sp³-hybridized carbons (Fsp3) is 0.250. The molecule has 2 aliphatic rings. The molecule has 0 radical (unpaired) electrons.